The molecule has 1 N–H and O–H groups in total. The number of allylic oxidation sites excluding steroid dienone is 4. The second kappa shape index (κ2) is 4.24. The Morgan fingerprint density at radius 3 is 2.31 bits per heavy atom. The van der Waals surface area contributed by atoms with Crippen molar-refractivity contribution in [1.29, 1.82) is 0 Å². The molecule has 3 nitrogen and oxygen atoms in total. The summed E-state index contributed by atoms with van der Waals surface area (Å²) in [5.74, 6) is -0.350. The minimum Gasteiger partial charge on any atom is -0.392 e. The van der Waals surface area contributed by atoms with Gasteiger partial charge in [-0.25, -0.2) is 0 Å². The standard InChI is InChI=1S/C13H10O3/c14-8-9-1-3-10(4-2-9)12-7-11(15)5-6-13(12)16/h1-7,14H,8H2. The van der Waals surface area contributed by atoms with Crippen LogP contribution in [0.15, 0.2) is 42.5 Å². The second-order valence-electron chi connectivity index (χ2n) is 3.51. The molecule has 0 saturated heterocycles. The molecule has 1 aromatic carbocycles. The van der Waals surface area contributed by atoms with Crippen LogP contribution in [-0.2, 0) is 16.2 Å². The van der Waals surface area contributed by atoms with Crippen LogP contribution in [0, 0.1) is 0 Å². The third-order valence-corrected chi connectivity index (χ3v) is 2.40. The number of benzene rings is 1. The van der Waals surface area contributed by atoms with E-state index in [4.69, 9.17) is 5.11 Å². The molecule has 0 aromatic heterocycles. The first-order valence-corrected chi connectivity index (χ1v) is 4.89. The summed E-state index contributed by atoms with van der Waals surface area (Å²) in [5.41, 5.74) is 1.87. The van der Waals surface area contributed by atoms with Crippen LogP contribution in [0.5, 0.6) is 0 Å². The fourth-order valence-corrected chi connectivity index (χ4v) is 1.52. The van der Waals surface area contributed by atoms with Gasteiger partial charge in [0.05, 0.1) is 6.61 Å². The highest BCUT2D eigenvalue weighted by atomic mass is 16.3. The first kappa shape index (κ1) is 10.5. The van der Waals surface area contributed by atoms with Crippen LogP contribution in [-0.4, -0.2) is 16.7 Å². The Kier molecular flexibility index (Phi) is 2.79. The molecule has 2 rings (SSSR count). The Hall–Kier alpha value is -2.00. The van der Waals surface area contributed by atoms with E-state index < -0.39 is 0 Å². The van der Waals surface area contributed by atoms with Gasteiger partial charge in [-0.2, -0.15) is 0 Å². The Morgan fingerprint density at radius 1 is 1.00 bits per heavy atom. The monoisotopic (exact) mass is 214 g/mol. The van der Waals surface area contributed by atoms with E-state index in [-0.39, 0.29) is 18.2 Å². The van der Waals surface area contributed by atoms with Gasteiger partial charge in [-0.05, 0) is 29.4 Å². The smallest absolute Gasteiger partial charge is 0.186 e. The summed E-state index contributed by atoms with van der Waals surface area (Å²) in [7, 11) is 0. The van der Waals surface area contributed by atoms with Crippen molar-refractivity contribution < 1.29 is 14.7 Å². The topological polar surface area (TPSA) is 54.4 Å². The van der Waals surface area contributed by atoms with Gasteiger partial charge < -0.3 is 5.11 Å². The summed E-state index contributed by atoms with van der Waals surface area (Å²) in [6.45, 7) is -0.0356. The minimum atomic E-state index is -0.180. The number of rotatable bonds is 2. The van der Waals surface area contributed by atoms with Gasteiger partial charge >= 0.3 is 0 Å². The number of aliphatic hydroxyl groups excluding tert-OH is 1. The zero-order valence-corrected chi connectivity index (χ0v) is 8.51. The molecule has 0 fully saturated rings. The molecule has 16 heavy (non-hydrogen) atoms. The van der Waals surface area contributed by atoms with Crippen LogP contribution in [0.4, 0.5) is 0 Å². The highest BCUT2D eigenvalue weighted by molar-refractivity contribution is 6.33. The van der Waals surface area contributed by atoms with Gasteiger partial charge in [-0.3, -0.25) is 9.59 Å². The molecule has 0 spiro atoms. The van der Waals surface area contributed by atoms with Crippen molar-refractivity contribution in [2.45, 2.75) is 6.61 Å². The van der Waals surface area contributed by atoms with Gasteiger partial charge in [-0.1, -0.05) is 24.3 Å². The van der Waals surface area contributed by atoms with Gasteiger partial charge in [-0.15, -0.1) is 0 Å². The highest BCUT2D eigenvalue weighted by Gasteiger charge is 2.14. The molecule has 1 aliphatic carbocycles. The van der Waals surface area contributed by atoms with E-state index >= 15 is 0 Å². The van der Waals surface area contributed by atoms with Crippen molar-refractivity contribution in [2.75, 3.05) is 0 Å². The molecule has 0 bridgehead atoms. The minimum absolute atomic E-state index is 0.0356. The summed E-state index contributed by atoms with van der Waals surface area (Å²) in [5, 5.41) is 8.89. The van der Waals surface area contributed by atoms with Crippen LogP contribution in [0.2, 0.25) is 0 Å². The van der Waals surface area contributed by atoms with E-state index in [1.807, 2.05) is 0 Å². The normalized spacial score (nSPS) is 15.2. The van der Waals surface area contributed by atoms with Crippen molar-refractivity contribution in [3.05, 3.63) is 53.6 Å². The van der Waals surface area contributed by atoms with Gasteiger partial charge in [0, 0.05) is 5.57 Å². The van der Waals surface area contributed by atoms with Gasteiger partial charge in [0.2, 0.25) is 0 Å². The van der Waals surface area contributed by atoms with E-state index in [9.17, 15) is 9.59 Å². The third-order valence-electron chi connectivity index (χ3n) is 2.40. The predicted octanol–water partition coefficient (Wildman–Crippen LogP) is 1.27. The lowest BCUT2D eigenvalue weighted by Gasteiger charge is -2.07. The van der Waals surface area contributed by atoms with Crippen molar-refractivity contribution in [3.8, 4) is 0 Å². The van der Waals surface area contributed by atoms with Crippen LogP contribution in [0.3, 0.4) is 0 Å². The van der Waals surface area contributed by atoms with Crippen LogP contribution < -0.4 is 0 Å². The van der Waals surface area contributed by atoms with Crippen molar-refractivity contribution in [2.24, 2.45) is 0 Å². The van der Waals surface area contributed by atoms with Crippen molar-refractivity contribution in [3.63, 3.8) is 0 Å². The van der Waals surface area contributed by atoms with E-state index in [1.54, 1.807) is 24.3 Å². The maximum absolute atomic E-state index is 11.5. The zero-order valence-electron chi connectivity index (χ0n) is 8.51. The van der Waals surface area contributed by atoms with Crippen molar-refractivity contribution in [1.82, 2.24) is 0 Å². The third kappa shape index (κ3) is 1.99. The largest absolute Gasteiger partial charge is 0.392 e. The van der Waals surface area contributed by atoms with E-state index in [0.29, 0.717) is 11.1 Å². The molecule has 1 aliphatic rings. The molecule has 0 unspecified atom stereocenters. The molecule has 0 aliphatic heterocycles. The first-order valence-electron chi connectivity index (χ1n) is 4.89. The maximum atomic E-state index is 11.5. The predicted molar refractivity (Wildman–Crippen MR) is 59.5 cm³/mol. The van der Waals surface area contributed by atoms with Crippen LogP contribution >= 0.6 is 0 Å². The van der Waals surface area contributed by atoms with Crippen LogP contribution in [0.25, 0.3) is 5.57 Å². The zero-order chi connectivity index (χ0) is 11.5. The Bertz CT molecular complexity index is 492. The van der Waals surface area contributed by atoms with E-state index in [0.717, 1.165) is 5.56 Å². The molecule has 1 aromatic rings. The number of carbonyl (C=O) groups is 2. The highest BCUT2D eigenvalue weighted by Crippen LogP contribution is 2.19. The molecule has 0 heterocycles. The molecule has 0 atom stereocenters. The van der Waals surface area contributed by atoms with E-state index in [2.05, 4.69) is 0 Å². The summed E-state index contributed by atoms with van der Waals surface area (Å²) < 4.78 is 0. The number of ketones is 2. The number of hydrogen-bond acceptors (Lipinski definition) is 3. The average Bonchev–Trinajstić information content (AvgIpc) is 2.32. The summed E-state index contributed by atoms with van der Waals surface area (Å²) in [6, 6.07) is 6.90. The van der Waals surface area contributed by atoms with E-state index in [1.165, 1.54) is 18.2 Å². The number of hydrogen-bond donors (Lipinski definition) is 1. The molecular weight excluding hydrogens is 204 g/mol. The Labute approximate surface area is 92.7 Å². The fraction of sp³-hybridized carbons (Fsp3) is 0.0769. The molecule has 3 heteroatoms. The maximum Gasteiger partial charge on any atom is 0.186 e. The molecule has 80 valence electrons. The number of aliphatic hydroxyl groups is 1. The molecule has 0 saturated carbocycles. The second-order valence-corrected chi connectivity index (χ2v) is 3.51. The molecule has 0 amide bonds. The fourth-order valence-electron chi connectivity index (χ4n) is 1.52. The summed E-state index contributed by atoms with van der Waals surface area (Å²) in [4.78, 5) is 22.7. The lowest BCUT2D eigenvalue weighted by molar-refractivity contribution is -0.113. The van der Waals surface area contributed by atoms with Gasteiger partial charge in [0.25, 0.3) is 0 Å². The summed E-state index contributed by atoms with van der Waals surface area (Å²) in [6.07, 6.45) is 3.86. The summed E-state index contributed by atoms with van der Waals surface area (Å²) >= 11 is 0. The average molecular weight is 214 g/mol. The SMILES string of the molecule is O=C1C=CC(=O)C(c2ccc(CO)cc2)=C1. The quantitative estimate of drug-likeness (QED) is 0.754. The molecular formula is C13H10O3. The lowest BCUT2D eigenvalue weighted by atomic mass is 9.96. The first-order chi connectivity index (χ1) is 7.70. The molecule has 0 radical (unpaired) electrons. The Balaban J connectivity index is 2.36. The Morgan fingerprint density at radius 2 is 1.69 bits per heavy atom. The lowest BCUT2D eigenvalue weighted by Crippen LogP contribution is -2.06. The van der Waals surface area contributed by atoms with Crippen LogP contribution in [0.1, 0.15) is 11.1 Å². The van der Waals surface area contributed by atoms with Gasteiger partial charge in [0.15, 0.2) is 11.6 Å². The van der Waals surface area contributed by atoms with Crippen molar-refractivity contribution >= 4 is 17.1 Å². The number of carbonyl (C=O) groups excluding carboxylic acids is 2. The van der Waals surface area contributed by atoms with Gasteiger partial charge in [0.1, 0.15) is 0 Å².